The molecule has 3 nitrogen and oxygen atoms in total. The van der Waals surface area contributed by atoms with Crippen molar-refractivity contribution in [3.05, 3.63) is 35.1 Å². The Kier molecular flexibility index (Phi) is 4.99. The van der Waals surface area contributed by atoms with Gasteiger partial charge < -0.3 is 5.11 Å². The SMILES string of the molecule is Cc1cc(F)ccc1CN(C)C1(CC(=O)O)CCCCC1. The molecule has 2 rings (SSSR count). The highest BCUT2D eigenvalue weighted by Gasteiger charge is 2.38. The van der Waals surface area contributed by atoms with Gasteiger partial charge in [0, 0.05) is 12.1 Å². The van der Waals surface area contributed by atoms with Crippen LogP contribution in [0.15, 0.2) is 18.2 Å². The Labute approximate surface area is 125 Å². The maximum absolute atomic E-state index is 13.2. The Morgan fingerprint density at radius 1 is 1.33 bits per heavy atom. The van der Waals surface area contributed by atoms with Crippen molar-refractivity contribution < 1.29 is 14.3 Å². The molecule has 0 spiro atoms. The highest BCUT2D eigenvalue weighted by atomic mass is 19.1. The standard InChI is InChI=1S/C17H24FNO2/c1-13-10-15(18)7-6-14(13)12-19(2)17(11-16(20)21)8-4-3-5-9-17/h6-7,10H,3-5,8-9,11-12H2,1-2H3,(H,20,21). The van der Waals surface area contributed by atoms with Crippen molar-refractivity contribution in [3.63, 3.8) is 0 Å². The summed E-state index contributed by atoms with van der Waals surface area (Å²) in [5.74, 6) is -0.962. The minimum Gasteiger partial charge on any atom is -0.481 e. The van der Waals surface area contributed by atoms with Gasteiger partial charge in [-0.2, -0.15) is 0 Å². The van der Waals surface area contributed by atoms with Gasteiger partial charge in [-0.05, 0) is 50.1 Å². The summed E-state index contributed by atoms with van der Waals surface area (Å²) in [4.78, 5) is 13.4. The molecule has 1 aliphatic carbocycles. The van der Waals surface area contributed by atoms with E-state index < -0.39 is 5.97 Å². The fraction of sp³-hybridized carbons (Fsp3) is 0.588. The summed E-state index contributed by atoms with van der Waals surface area (Å²) in [6, 6.07) is 4.81. The van der Waals surface area contributed by atoms with Crippen LogP contribution in [0.1, 0.15) is 49.7 Å². The second-order valence-electron chi connectivity index (χ2n) is 6.28. The summed E-state index contributed by atoms with van der Waals surface area (Å²) < 4.78 is 13.2. The second-order valence-corrected chi connectivity index (χ2v) is 6.28. The Hall–Kier alpha value is -1.42. The minimum atomic E-state index is -0.737. The molecule has 0 aliphatic heterocycles. The molecule has 1 fully saturated rings. The summed E-state index contributed by atoms with van der Waals surface area (Å²) in [6.45, 7) is 2.57. The Morgan fingerprint density at radius 3 is 2.57 bits per heavy atom. The zero-order chi connectivity index (χ0) is 15.5. The first-order chi connectivity index (χ1) is 9.93. The number of aliphatic carboxylic acids is 1. The number of benzene rings is 1. The third-order valence-corrected chi connectivity index (χ3v) is 4.79. The lowest BCUT2D eigenvalue weighted by molar-refractivity contribution is -0.141. The second kappa shape index (κ2) is 6.56. The normalized spacial score (nSPS) is 17.9. The third-order valence-electron chi connectivity index (χ3n) is 4.79. The van der Waals surface area contributed by atoms with Crippen molar-refractivity contribution in [3.8, 4) is 0 Å². The van der Waals surface area contributed by atoms with Gasteiger partial charge in [0.2, 0.25) is 0 Å². The topological polar surface area (TPSA) is 40.5 Å². The molecular formula is C17H24FNO2. The fourth-order valence-electron chi connectivity index (χ4n) is 3.44. The highest BCUT2D eigenvalue weighted by Crippen LogP contribution is 2.36. The van der Waals surface area contributed by atoms with Crippen molar-refractivity contribution in [2.45, 2.75) is 57.5 Å². The van der Waals surface area contributed by atoms with Crippen LogP contribution in [0.3, 0.4) is 0 Å². The summed E-state index contributed by atoms with van der Waals surface area (Å²) >= 11 is 0. The molecular weight excluding hydrogens is 269 g/mol. The van der Waals surface area contributed by atoms with E-state index in [0.29, 0.717) is 6.54 Å². The number of rotatable bonds is 5. The van der Waals surface area contributed by atoms with E-state index in [1.165, 1.54) is 18.6 Å². The van der Waals surface area contributed by atoms with Crippen LogP contribution in [0.5, 0.6) is 0 Å². The van der Waals surface area contributed by atoms with E-state index in [-0.39, 0.29) is 17.8 Å². The maximum Gasteiger partial charge on any atom is 0.305 e. The highest BCUT2D eigenvalue weighted by molar-refractivity contribution is 5.68. The van der Waals surface area contributed by atoms with E-state index in [1.54, 1.807) is 6.07 Å². The number of hydrogen-bond donors (Lipinski definition) is 1. The first-order valence-corrected chi connectivity index (χ1v) is 7.61. The van der Waals surface area contributed by atoms with E-state index in [4.69, 9.17) is 0 Å². The van der Waals surface area contributed by atoms with Gasteiger partial charge in [0.1, 0.15) is 5.82 Å². The molecule has 1 aromatic rings. The van der Waals surface area contributed by atoms with Crippen LogP contribution in [0.25, 0.3) is 0 Å². The molecule has 1 aromatic carbocycles. The lowest BCUT2D eigenvalue weighted by Crippen LogP contribution is -2.49. The molecule has 0 saturated heterocycles. The first kappa shape index (κ1) is 16.0. The van der Waals surface area contributed by atoms with Crippen molar-refractivity contribution in [1.29, 1.82) is 0 Å². The number of aryl methyl sites for hydroxylation is 1. The van der Waals surface area contributed by atoms with Crippen molar-refractivity contribution >= 4 is 5.97 Å². The third kappa shape index (κ3) is 3.82. The smallest absolute Gasteiger partial charge is 0.305 e. The van der Waals surface area contributed by atoms with Gasteiger partial charge in [0.25, 0.3) is 0 Å². The Morgan fingerprint density at radius 2 is 2.00 bits per heavy atom. The van der Waals surface area contributed by atoms with Crippen LogP contribution in [0.4, 0.5) is 4.39 Å². The lowest BCUT2D eigenvalue weighted by atomic mass is 9.78. The first-order valence-electron chi connectivity index (χ1n) is 7.61. The Balaban J connectivity index is 2.17. The molecule has 0 heterocycles. The van der Waals surface area contributed by atoms with Gasteiger partial charge in [0.05, 0.1) is 6.42 Å². The quantitative estimate of drug-likeness (QED) is 0.899. The number of carboxylic acids is 1. The van der Waals surface area contributed by atoms with E-state index >= 15 is 0 Å². The van der Waals surface area contributed by atoms with Gasteiger partial charge in [0.15, 0.2) is 0 Å². The molecule has 0 atom stereocenters. The molecule has 0 aromatic heterocycles. The number of carbonyl (C=O) groups is 1. The van der Waals surface area contributed by atoms with Crippen LogP contribution >= 0.6 is 0 Å². The van der Waals surface area contributed by atoms with Gasteiger partial charge in [-0.3, -0.25) is 9.69 Å². The lowest BCUT2D eigenvalue weighted by Gasteiger charge is -2.44. The van der Waals surface area contributed by atoms with Gasteiger partial charge in [-0.25, -0.2) is 4.39 Å². The van der Waals surface area contributed by atoms with Crippen molar-refractivity contribution in [2.75, 3.05) is 7.05 Å². The largest absolute Gasteiger partial charge is 0.481 e. The average molecular weight is 293 g/mol. The fourth-order valence-corrected chi connectivity index (χ4v) is 3.44. The molecule has 0 unspecified atom stereocenters. The average Bonchev–Trinajstić information content (AvgIpc) is 2.42. The van der Waals surface area contributed by atoms with Crippen LogP contribution in [0.2, 0.25) is 0 Å². The monoisotopic (exact) mass is 293 g/mol. The predicted octanol–water partition coefficient (Wildman–Crippen LogP) is 3.74. The molecule has 1 saturated carbocycles. The van der Waals surface area contributed by atoms with Gasteiger partial charge >= 0.3 is 5.97 Å². The molecule has 0 bridgehead atoms. The van der Waals surface area contributed by atoms with Crippen LogP contribution in [-0.4, -0.2) is 28.6 Å². The van der Waals surface area contributed by atoms with E-state index in [0.717, 1.165) is 36.8 Å². The van der Waals surface area contributed by atoms with E-state index in [9.17, 15) is 14.3 Å². The number of halogens is 1. The van der Waals surface area contributed by atoms with Crippen LogP contribution < -0.4 is 0 Å². The zero-order valence-corrected chi connectivity index (χ0v) is 12.9. The molecule has 4 heteroatoms. The summed E-state index contributed by atoms with van der Waals surface area (Å²) in [7, 11) is 2.00. The minimum absolute atomic E-state index is 0.184. The van der Waals surface area contributed by atoms with Gasteiger partial charge in [-0.15, -0.1) is 0 Å². The molecule has 0 radical (unpaired) electrons. The number of hydrogen-bond acceptors (Lipinski definition) is 2. The Bertz CT molecular complexity index is 510. The summed E-state index contributed by atoms with van der Waals surface area (Å²) in [5.41, 5.74) is 1.72. The molecule has 21 heavy (non-hydrogen) atoms. The van der Waals surface area contributed by atoms with E-state index in [2.05, 4.69) is 4.90 Å². The molecule has 116 valence electrons. The van der Waals surface area contributed by atoms with E-state index in [1.807, 2.05) is 14.0 Å². The summed E-state index contributed by atoms with van der Waals surface area (Å²) in [6.07, 6.45) is 5.39. The molecule has 1 aliphatic rings. The maximum atomic E-state index is 13.2. The predicted molar refractivity (Wildman–Crippen MR) is 80.7 cm³/mol. The summed E-state index contributed by atoms with van der Waals surface area (Å²) in [5, 5.41) is 9.26. The molecule has 0 amide bonds. The van der Waals surface area contributed by atoms with Crippen molar-refractivity contribution in [2.24, 2.45) is 0 Å². The van der Waals surface area contributed by atoms with Crippen molar-refractivity contribution in [1.82, 2.24) is 4.90 Å². The van der Waals surface area contributed by atoms with Gasteiger partial charge in [-0.1, -0.05) is 25.3 Å². The number of carboxylic acid groups (broad SMARTS) is 1. The molecule has 1 N–H and O–H groups in total. The van der Waals surface area contributed by atoms with Crippen LogP contribution in [0, 0.1) is 12.7 Å². The zero-order valence-electron chi connectivity index (χ0n) is 12.9. The van der Waals surface area contributed by atoms with Crippen LogP contribution in [-0.2, 0) is 11.3 Å². The number of nitrogens with zero attached hydrogens (tertiary/aromatic N) is 1.